The van der Waals surface area contributed by atoms with Crippen LogP contribution in [0.3, 0.4) is 0 Å². The zero-order valence-corrected chi connectivity index (χ0v) is 5.04. The van der Waals surface area contributed by atoms with Crippen molar-refractivity contribution in [2.75, 3.05) is 5.73 Å². The zero-order chi connectivity index (χ0) is 8.59. The molecule has 0 radical (unpaired) electrons. The summed E-state index contributed by atoms with van der Waals surface area (Å²) in [6, 6.07) is -0.375. The van der Waals surface area contributed by atoms with Crippen LogP contribution in [0.2, 0.25) is 5.02 Å². The van der Waals surface area contributed by atoms with E-state index in [1.807, 2.05) is 0 Å². The largest absolute Gasteiger partial charge is 0.384 e. The number of aromatic nitrogens is 1. The summed E-state index contributed by atoms with van der Waals surface area (Å²) in [6.07, 6.45) is -0.636. The Balaban J connectivity index is 3.46. The van der Waals surface area contributed by atoms with Gasteiger partial charge in [-0.05, 0) is 0 Å². The Labute approximate surface area is 59.3 Å². The number of hydrogen-bond donors (Lipinski definition) is 1. The number of pyridine rings is 1. The molecule has 0 saturated carbocycles. The van der Waals surface area contributed by atoms with Crippen LogP contribution in [-0.2, 0) is 0 Å². The Hall–Kier alpha value is -0.830. The van der Waals surface area contributed by atoms with Crippen molar-refractivity contribution in [1.29, 1.82) is 0 Å². The van der Waals surface area contributed by atoms with E-state index in [4.69, 9.17) is 20.1 Å². The highest BCUT2D eigenvalue weighted by atomic mass is 35.5. The molecule has 1 heterocycles. The first-order valence-electron chi connectivity index (χ1n) is 3.11. The summed E-state index contributed by atoms with van der Waals surface area (Å²) in [5.74, 6) is -1.24. The van der Waals surface area contributed by atoms with Gasteiger partial charge in [-0.15, -0.1) is 0 Å². The van der Waals surface area contributed by atoms with E-state index in [1.165, 1.54) is 0 Å². The number of anilines is 1. The number of nitrogens with two attached hydrogens (primary N) is 1. The van der Waals surface area contributed by atoms with Crippen LogP contribution in [0, 0.1) is 5.82 Å². The molecule has 4 heteroatoms. The maximum Gasteiger partial charge on any atom is 0.160 e. The lowest BCUT2D eigenvalue weighted by Gasteiger charge is -1.92. The minimum atomic E-state index is -1.01. The summed E-state index contributed by atoms with van der Waals surface area (Å²) >= 11 is 5.29. The standard InChI is InChI=1S/C5H4ClFN2/c6-3-1-5(8)9-2-4(3)7/h1-2H,(H2,8,9)/i1D,2D. The molecule has 0 bridgehead atoms. The maximum atomic E-state index is 12.6. The van der Waals surface area contributed by atoms with Crippen LogP contribution in [-0.4, -0.2) is 4.98 Å². The van der Waals surface area contributed by atoms with Crippen molar-refractivity contribution in [3.8, 4) is 0 Å². The van der Waals surface area contributed by atoms with Crippen LogP contribution in [0.1, 0.15) is 2.74 Å². The third-order valence-electron chi connectivity index (χ3n) is 0.705. The Kier molecular flexibility index (Phi) is 0.987. The number of rotatable bonds is 0. The van der Waals surface area contributed by atoms with E-state index in [2.05, 4.69) is 4.98 Å². The van der Waals surface area contributed by atoms with Crippen molar-refractivity contribution in [1.82, 2.24) is 4.98 Å². The molecular weight excluding hydrogens is 143 g/mol. The van der Waals surface area contributed by atoms with E-state index in [0.29, 0.717) is 0 Å². The Morgan fingerprint density at radius 1 is 1.89 bits per heavy atom. The second-order valence-corrected chi connectivity index (χ2v) is 1.74. The lowest BCUT2D eigenvalue weighted by molar-refractivity contribution is 0.622. The Bertz CT molecular complexity index is 279. The van der Waals surface area contributed by atoms with Gasteiger partial charge in [0.15, 0.2) is 5.82 Å². The molecule has 1 aromatic heterocycles. The topological polar surface area (TPSA) is 38.9 Å². The van der Waals surface area contributed by atoms with Crippen molar-refractivity contribution < 1.29 is 7.13 Å². The Morgan fingerprint density at radius 3 is 3.22 bits per heavy atom. The van der Waals surface area contributed by atoms with Gasteiger partial charge in [0.1, 0.15) is 5.82 Å². The first-order valence-corrected chi connectivity index (χ1v) is 2.49. The van der Waals surface area contributed by atoms with Crippen LogP contribution in [0.4, 0.5) is 10.2 Å². The van der Waals surface area contributed by atoms with Gasteiger partial charge in [0.2, 0.25) is 0 Å². The van der Waals surface area contributed by atoms with Gasteiger partial charge in [-0.1, -0.05) is 11.6 Å². The molecule has 0 unspecified atom stereocenters. The molecule has 2 N–H and O–H groups in total. The normalized spacial score (nSPS) is 12.7. The van der Waals surface area contributed by atoms with Gasteiger partial charge >= 0.3 is 0 Å². The maximum absolute atomic E-state index is 12.6. The van der Waals surface area contributed by atoms with Crippen molar-refractivity contribution in [3.05, 3.63) is 23.1 Å². The first kappa shape index (κ1) is 4.06. The SMILES string of the molecule is [2H]c1nc(N)c([2H])c(Cl)c1F. The molecule has 2 nitrogen and oxygen atoms in total. The molecule has 0 fully saturated rings. The average molecular weight is 149 g/mol. The van der Waals surface area contributed by atoms with Gasteiger partial charge in [0, 0.05) is 6.04 Å². The van der Waals surface area contributed by atoms with Gasteiger partial charge in [0.05, 0.1) is 13.9 Å². The summed E-state index contributed by atoms with van der Waals surface area (Å²) in [4.78, 5) is 3.23. The molecule has 0 aliphatic rings. The van der Waals surface area contributed by atoms with Crippen molar-refractivity contribution in [2.45, 2.75) is 0 Å². The summed E-state index contributed by atoms with van der Waals surface area (Å²) < 4.78 is 26.5. The monoisotopic (exact) mass is 148 g/mol. The van der Waals surface area contributed by atoms with E-state index < -0.39 is 17.0 Å². The van der Waals surface area contributed by atoms with E-state index >= 15 is 0 Å². The van der Waals surface area contributed by atoms with Crippen LogP contribution < -0.4 is 5.73 Å². The predicted octanol–water partition coefficient (Wildman–Crippen LogP) is 1.46. The molecule has 0 aliphatic carbocycles. The molecule has 0 aromatic carbocycles. The van der Waals surface area contributed by atoms with Gasteiger partial charge in [0.25, 0.3) is 0 Å². The first-order chi connectivity index (χ1) is 5.04. The van der Waals surface area contributed by atoms with Gasteiger partial charge < -0.3 is 5.73 Å². The van der Waals surface area contributed by atoms with E-state index in [1.54, 1.807) is 0 Å². The summed E-state index contributed by atoms with van der Waals surface area (Å²) in [6.45, 7) is 0. The third kappa shape index (κ3) is 1.29. The molecular formula is C5H4ClFN2. The van der Waals surface area contributed by atoms with Gasteiger partial charge in [-0.3, -0.25) is 0 Å². The van der Waals surface area contributed by atoms with Crippen LogP contribution in [0.5, 0.6) is 0 Å². The Morgan fingerprint density at radius 2 is 2.56 bits per heavy atom. The number of nitrogen functional groups attached to an aromatic ring is 1. The summed E-state index contributed by atoms with van der Waals surface area (Å²) in [5.41, 5.74) is 5.12. The zero-order valence-electron chi connectivity index (χ0n) is 6.28. The molecule has 0 aliphatic heterocycles. The van der Waals surface area contributed by atoms with Crippen LogP contribution >= 0.6 is 11.6 Å². The number of nitrogens with zero attached hydrogens (tertiary/aromatic N) is 1. The highest BCUT2D eigenvalue weighted by molar-refractivity contribution is 6.30. The molecule has 0 atom stereocenters. The van der Waals surface area contributed by atoms with Crippen molar-refractivity contribution in [3.63, 3.8) is 0 Å². The molecule has 1 rings (SSSR count). The van der Waals surface area contributed by atoms with Gasteiger partial charge in [-0.2, -0.15) is 0 Å². The summed E-state index contributed by atoms with van der Waals surface area (Å²) in [7, 11) is 0. The van der Waals surface area contributed by atoms with E-state index in [0.717, 1.165) is 0 Å². The van der Waals surface area contributed by atoms with E-state index in [9.17, 15) is 4.39 Å². The fourth-order valence-electron chi connectivity index (χ4n) is 0.354. The second-order valence-electron chi connectivity index (χ2n) is 1.36. The fourth-order valence-corrected chi connectivity index (χ4v) is 0.493. The molecule has 0 spiro atoms. The average Bonchev–Trinajstić information content (AvgIpc) is 1.97. The number of hydrogen-bond acceptors (Lipinski definition) is 2. The van der Waals surface area contributed by atoms with Crippen LogP contribution in [0.15, 0.2) is 12.2 Å². The molecule has 9 heavy (non-hydrogen) atoms. The minimum Gasteiger partial charge on any atom is -0.384 e. The predicted molar refractivity (Wildman–Crippen MR) is 33.6 cm³/mol. The quantitative estimate of drug-likeness (QED) is 0.605. The number of halogens is 2. The van der Waals surface area contributed by atoms with E-state index in [-0.39, 0.29) is 11.9 Å². The lowest BCUT2D eigenvalue weighted by atomic mass is 10.4. The highest BCUT2D eigenvalue weighted by Gasteiger charge is 1.97. The van der Waals surface area contributed by atoms with Gasteiger partial charge in [-0.25, -0.2) is 9.37 Å². The smallest absolute Gasteiger partial charge is 0.160 e. The summed E-state index contributed by atoms with van der Waals surface area (Å²) in [5, 5.41) is -0.456. The van der Waals surface area contributed by atoms with Crippen LogP contribution in [0.25, 0.3) is 0 Å². The molecule has 0 saturated heterocycles. The molecule has 48 valence electrons. The minimum absolute atomic E-state index is 0.235. The second kappa shape index (κ2) is 2.19. The van der Waals surface area contributed by atoms with Crippen molar-refractivity contribution in [2.24, 2.45) is 0 Å². The fraction of sp³-hybridized carbons (Fsp3) is 0. The third-order valence-corrected chi connectivity index (χ3v) is 0.965. The lowest BCUT2D eigenvalue weighted by Crippen LogP contribution is -1.89. The highest BCUT2D eigenvalue weighted by Crippen LogP contribution is 2.13. The molecule has 0 amide bonds. The molecule has 1 aromatic rings. The van der Waals surface area contributed by atoms with Crippen molar-refractivity contribution >= 4 is 17.4 Å².